The van der Waals surface area contributed by atoms with Crippen molar-refractivity contribution < 1.29 is 9.59 Å². The molecule has 0 fully saturated rings. The van der Waals surface area contributed by atoms with Gasteiger partial charge in [-0.25, -0.2) is 14.6 Å². The van der Waals surface area contributed by atoms with Crippen molar-refractivity contribution in [1.29, 1.82) is 0 Å². The second-order valence-electron chi connectivity index (χ2n) is 5.08. The molecule has 0 aromatic heterocycles. The molecule has 84 valence electrons. The molecule has 0 unspecified atom stereocenters. The van der Waals surface area contributed by atoms with Crippen LogP contribution in [0.5, 0.6) is 0 Å². The van der Waals surface area contributed by atoms with Crippen LogP contribution in [0.15, 0.2) is 9.98 Å². The SMILES string of the molecule is CC(C)(CCN=C=O)CC(C)(C)N=C=O. The van der Waals surface area contributed by atoms with E-state index in [9.17, 15) is 9.59 Å². The highest BCUT2D eigenvalue weighted by Gasteiger charge is 2.28. The van der Waals surface area contributed by atoms with Crippen LogP contribution in [-0.4, -0.2) is 24.2 Å². The third-order valence-electron chi connectivity index (χ3n) is 2.22. The van der Waals surface area contributed by atoms with Gasteiger partial charge in [-0.05, 0) is 32.1 Å². The Bertz CT molecular complexity index is 296. The van der Waals surface area contributed by atoms with Gasteiger partial charge in [0, 0.05) is 0 Å². The number of hydrogen-bond donors (Lipinski definition) is 0. The van der Waals surface area contributed by atoms with Crippen molar-refractivity contribution in [2.24, 2.45) is 15.4 Å². The Morgan fingerprint density at radius 3 is 2.13 bits per heavy atom. The quantitative estimate of drug-likeness (QED) is 0.498. The largest absolute Gasteiger partial charge is 0.235 e. The molecule has 0 atom stereocenters. The van der Waals surface area contributed by atoms with Gasteiger partial charge in [0.1, 0.15) is 0 Å². The first-order chi connectivity index (χ1) is 6.83. The third-order valence-corrected chi connectivity index (χ3v) is 2.22. The van der Waals surface area contributed by atoms with E-state index in [1.165, 1.54) is 6.08 Å². The van der Waals surface area contributed by atoms with Gasteiger partial charge in [-0.2, -0.15) is 4.99 Å². The molecule has 0 aromatic carbocycles. The second-order valence-corrected chi connectivity index (χ2v) is 5.08. The number of hydrogen-bond acceptors (Lipinski definition) is 4. The molecular weight excluding hydrogens is 192 g/mol. The van der Waals surface area contributed by atoms with Crippen LogP contribution >= 0.6 is 0 Å². The minimum absolute atomic E-state index is 0.00972. The van der Waals surface area contributed by atoms with E-state index in [0.29, 0.717) is 6.54 Å². The third kappa shape index (κ3) is 6.78. The molecule has 0 N–H and O–H groups in total. The molecule has 0 radical (unpaired) electrons. The Morgan fingerprint density at radius 1 is 1.07 bits per heavy atom. The fourth-order valence-corrected chi connectivity index (χ4v) is 1.83. The summed E-state index contributed by atoms with van der Waals surface area (Å²) in [6.07, 6.45) is 4.64. The predicted molar refractivity (Wildman–Crippen MR) is 58.2 cm³/mol. The van der Waals surface area contributed by atoms with E-state index in [0.717, 1.165) is 12.8 Å². The Kier molecular flexibility index (Phi) is 5.13. The molecule has 4 nitrogen and oxygen atoms in total. The van der Waals surface area contributed by atoms with Crippen LogP contribution in [0.3, 0.4) is 0 Å². The number of rotatable bonds is 6. The molecule has 4 heteroatoms. The lowest BCUT2D eigenvalue weighted by atomic mass is 9.78. The molecule has 0 aliphatic rings. The van der Waals surface area contributed by atoms with Gasteiger partial charge in [0.15, 0.2) is 0 Å². The first-order valence-electron chi connectivity index (χ1n) is 4.96. The van der Waals surface area contributed by atoms with Gasteiger partial charge < -0.3 is 0 Å². The molecule has 0 heterocycles. The fourth-order valence-electron chi connectivity index (χ4n) is 1.83. The average molecular weight is 210 g/mol. The van der Waals surface area contributed by atoms with E-state index < -0.39 is 5.54 Å². The Balaban J connectivity index is 4.34. The van der Waals surface area contributed by atoms with E-state index in [1.807, 2.05) is 13.8 Å². The summed E-state index contributed by atoms with van der Waals surface area (Å²) in [7, 11) is 0. The predicted octanol–water partition coefficient (Wildman–Crippen LogP) is 2.24. The highest BCUT2D eigenvalue weighted by atomic mass is 16.1. The van der Waals surface area contributed by atoms with Crippen LogP contribution < -0.4 is 0 Å². The van der Waals surface area contributed by atoms with E-state index in [-0.39, 0.29) is 5.41 Å². The number of isocyanates is 2. The Labute approximate surface area is 90.5 Å². The zero-order chi connectivity index (χ0) is 11.9. The van der Waals surface area contributed by atoms with Crippen molar-refractivity contribution in [3.63, 3.8) is 0 Å². The standard InChI is InChI=1S/C11H18N2O2/c1-10(2,5-6-12-8-14)7-11(3,4)13-9-15/h5-7H2,1-4H3. The lowest BCUT2D eigenvalue weighted by Crippen LogP contribution is -2.27. The summed E-state index contributed by atoms with van der Waals surface area (Å²) in [6.45, 7) is 8.38. The van der Waals surface area contributed by atoms with Gasteiger partial charge in [-0.15, -0.1) is 0 Å². The van der Waals surface area contributed by atoms with E-state index in [1.54, 1.807) is 6.08 Å². The van der Waals surface area contributed by atoms with Gasteiger partial charge in [0.25, 0.3) is 0 Å². The number of nitrogens with zero attached hydrogens (tertiary/aromatic N) is 2. The maximum absolute atomic E-state index is 10.2. The van der Waals surface area contributed by atoms with Gasteiger partial charge in [-0.1, -0.05) is 13.8 Å². The van der Waals surface area contributed by atoms with Crippen LogP contribution in [0.1, 0.15) is 40.5 Å². The summed E-state index contributed by atoms with van der Waals surface area (Å²) in [4.78, 5) is 27.4. The van der Waals surface area contributed by atoms with Crippen LogP contribution in [-0.2, 0) is 9.59 Å². The molecule has 0 saturated carbocycles. The molecule has 0 amide bonds. The van der Waals surface area contributed by atoms with Gasteiger partial charge in [-0.3, -0.25) is 0 Å². The van der Waals surface area contributed by atoms with Crippen molar-refractivity contribution in [1.82, 2.24) is 0 Å². The van der Waals surface area contributed by atoms with Crippen LogP contribution in [0.25, 0.3) is 0 Å². The summed E-state index contributed by atoms with van der Waals surface area (Å²) >= 11 is 0. The van der Waals surface area contributed by atoms with E-state index in [4.69, 9.17) is 0 Å². The molecule has 0 aliphatic heterocycles. The molecule has 0 aliphatic carbocycles. The number of carbonyl (C=O) groups excluding carboxylic acids is 2. The van der Waals surface area contributed by atoms with Crippen molar-refractivity contribution in [2.45, 2.75) is 46.1 Å². The molecule has 15 heavy (non-hydrogen) atoms. The minimum atomic E-state index is -0.407. The van der Waals surface area contributed by atoms with E-state index >= 15 is 0 Å². The van der Waals surface area contributed by atoms with E-state index in [2.05, 4.69) is 23.8 Å². The monoisotopic (exact) mass is 210 g/mol. The lowest BCUT2D eigenvalue weighted by Gasteiger charge is -2.30. The Morgan fingerprint density at radius 2 is 1.67 bits per heavy atom. The zero-order valence-corrected chi connectivity index (χ0v) is 9.83. The Hall–Kier alpha value is -1.24. The topological polar surface area (TPSA) is 58.9 Å². The van der Waals surface area contributed by atoms with Crippen LogP contribution in [0.2, 0.25) is 0 Å². The van der Waals surface area contributed by atoms with Crippen LogP contribution in [0.4, 0.5) is 0 Å². The highest BCUT2D eigenvalue weighted by Crippen LogP contribution is 2.32. The second kappa shape index (κ2) is 5.59. The van der Waals surface area contributed by atoms with Crippen molar-refractivity contribution in [3.05, 3.63) is 0 Å². The smallest absolute Gasteiger partial charge is 0.211 e. The molecule has 0 spiro atoms. The lowest BCUT2D eigenvalue weighted by molar-refractivity contribution is 0.246. The fraction of sp³-hybridized carbons (Fsp3) is 0.818. The van der Waals surface area contributed by atoms with Crippen molar-refractivity contribution >= 4 is 12.2 Å². The summed E-state index contributed by atoms with van der Waals surface area (Å²) < 4.78 is 0. The molecule has 0 rings (SSSR count). The van der Waals surface area contributed by atoms with Crippen LogP contribution in [0, 0.1) is 5.41 Å². The van der Waals surface area contributed by atoms with Gasteiger partial charge >= 0.3 is 0 Å². The first-order valence-corrected chi connectivity index (χ1v) is 4.96. The maximum atomic E-state index is 10.2. The summed E-state index contributed by atoms with van der Waals surface area (Å²) in [5, 5.41) is 0. The zero-order valence-electron chi connectivity index (χ0n) is 9.83. The summed E-state index contributed by atoms with van der Waals surface area (Å²) in [5.41, 5.74) is -0.416. The van der Waals surface area contributed by atoms with Gasteiger partial charge in [0.05, 0.1) is 12.1 Å². The molecule has 0 bridgehead atoms. The first kappa shape index (κ1) is 13.8. The summed E-state index contributed by atoms with van der Waals surface area (Å²) in [5.74, 6) is 0. The minimum Gasteiger partial charge on any atom is -0.211 e. The average Bonchev–Trinajstić information content (AvgIpc) is 2.01. The highest BCUT2D eigenvalue weighted by molar-refractivity contribution is 5.34. The summed E-state index contributed by atoms with van der Waals surface area (Å²) in [6, 6.07) is 0. The molecule has 0 saturated heterocycles. The van der Waals surface area contributed by atoms with Gasteiger partial charge in [0.2, 0.25) is 12.2 Å². The van der Waals surface area contributed by atoms with Crippen molar-refractivity contribution in [3.8, 4) is 0 Å². The molecular formula is C11H18N2O2. The normalized spacial score (nSPS) is 11.5. The van der Waals surface area contributed by atoms with Crippen molar-refractivity contribution in [2.75, 3.05) is 6.54 Å². The maximum Gasteiger partial charge on any atom is 0.235 e. The molecule has 0 aromatic rings. The number of aliphatic imine (C=N–C) groups is 2.